The molecule has 3 aromatic rings. The van der Waals surface area contributed by atoms with Crippen LogP contribution < -0.4 is 5.32 Å². The number of hydrogen-bond acceptors (Lipinski definition) is 3. The molecule has 3 rings (SSSR count). The van der Waals surface area contributed by atoms with E-state index in [1.54, 1.807) is 29.3 Å². The maximum absolute atomic E-state index is 12.2. The molecule has 0 atom stereocenters. The SMILES string of the molecule is Cc1cnn(C)c1C(=O)Nc1ccc2sccc2c1. The first-order valence-corrected chi connectivity index (χ1v) is 6.80. The summed E-state index contributed by atoms with van der Waals surface area (Å²) in [4.78, 5) is 12.2. The minimum Gasteiger partial charge on any atom is -0.321 e. The van der Waals surface area contributed by atoms with Gasteiger partial charge >= 0.3 is 0 Å². The Balaban J connectivity index is 1.90. The van der Waals surface area contributed by atoms with Crippen molar-refractivity contribution in [3.05, 3.63) is 47.1 Å². The number of nitrogens with zero attached hydrogens (tertiary/aromatic N) is 2. The summed E-state index contributed by atoms with van der Waals surface area (Å²) < 4.78 is 2.81. The number of nitrogens with one attached hydrogen (secondary N) is 1. The summed E-state index contributed by atoms with van der Waals surface area (Å²) in [5.74, 6) is -0.132. The zero-order valence-corrected chi connectivity index (χ0v) is 11.5. The summed E-state index contributed by atoms with van der Waals surface area (Å²) in [6, 6.07) is 7.97. The number of fused-ring (bicyclic) bond motifs is 1. The van der Waals surface area contributed by atoms with Gasteiger partial charge in [-0.25, -0.2) is 0 Å². The van der Waals surface area contributed by atoms with E-state index in [0.717, 1.165) is 16.6 Å². The van der Waals surface area contributed by atoms with Gasteiger partial charge in [-0.15, -0.1) is 11.3 Å². The first kappa shape index (κ1) is 11.9. The molecule has 19 heavy (non-hydrogen) atoms. The van der Waals surface area contributed by atoms with Gasteiger partial charge < -0.3 is 5.32 Å². The van der Waals surface area contributed by atoms with Crippen LogP contribution in [0.1, 0.15) is 16.1 Å². The fraction of sp³-hybridized carbons (Fsp3) is 0.143. The van der Waals surface area contributed by atoms with E-state index in [0.29, 0.717) is 5.69 Å². The third-order valence-corrected chi connectivity index (χ3v) is 3.94. The van der Waals surface area contributed by atoms with Crippen molar-refractivity contribution in [1.82, 2.24) is 9.78 Å². The Hall–Kier alpha value is -2.14. The van der Waals surface area contributed by atoms with Gasteiger partial charge in [0.25, 0.3) is 5.91 Å². The predicted octanol–water partition coefficient (Wildman–Crippen LogP) is 3.20. The van der Waals surface area contributed by atoms with Gasteiger partial charge in [-0.1, -0.05) is 0 Å². The Morgan fingerprint density at radius 2 is 2.21 bits per heavy atom. The lowest BCUT2D eigenvalue weighted by molar-refractivity contribution is 0.101. The second-order valence-corrected chi connectivity index (χ2v) is 5.37. The number of carbonyl (C=O) groups is 1. The van der Waals surface area contributed by atoms with E-state index in [1.165, 1.54) is 4.70 Å². The molecular weight excluding hydrogens is 258 g/mol. The van der Waals surface area contributed by atoms with Crippen LogP contribution in [0.5, 0.6) is 0 Å². The van der Waals surface area contributed by atoms with Crippen molar-refractivity contribution < 1.29 is 4.79 Å². The van der Waals surface area contributed by atoms with Crippen molar-refractivity contribution in [1.29, 1.82) is 0 Å². The molecule has 2 heterocycles. The Morgan fingerprint density at radius 3 is 2.95 bits per heavy atom. The minimum atomic E-state index is -0.132. The number of anilines is 1. The Morgan fingerprint density at radius 1 is 1.37 bits per heavy atom. The second kappa shape index (κ2) is 4.51. The number of aromatic nitrogens is 2. The van der Waals surface area contributed by atoms with Crippen LogP contribution in [0.25, 0.3) is 10.1 Å². The zero-order chi connectivity index (χ0) is 13.4. The van der Waals surface area contributed by atoms with Crippen LogP contribution in [0, 0.1) is 6.92 Å². The topological polar surface area (TPSA) is 46.9 Å². The first-order valence-electron chi connectivity index (χ1n) is 5.92. The standard InChI is InChI=1S/C14H13N3OS/c1-9-8-15-17(2)13(9)14(18)16-11-3-4-12-10(7-11)5-6-19-12/h3-8H,1-2H3,(H,16,18). The molecule has 0 saturated carbocycles. The Kier molecular flexibility index (Phi) is 2.83. The average Bonchev–Trinajstić information content (AvgIpc) is 2.95. The zero-order valence-electron chi connectivity index (χ0n) is 10.7. The van der Waals surface area contributed by atoms with Gasteiger partial charge in [0.05, 0.1) is 6.20 Å². The lowest BCUT2D eigenvalue weighted by Gasteiger charge is -2.06. The third-order valence-electron chi connectivity index (χ3n) is 3.05. The van der Waals surface area contributed by atoms with Crippen molar-refractivity contribution in [3.63, 3.8) is 0 Å². The monoisotopic (exact) mass is 271 g/mol. The normalized spacial score (nSPS) is 10.8. The molecule has 0 saturated heterocycles. The second-order valence-electron chi connectivity index (χ2n) is 4.43. The number of hydrogen-bond donors (Lipinski definition) is 1. The lowest BCUT2D eigenvalue weighted by atomic mass is 10.2. The molecule has 0 aliphatic rings. The Bertz CT molecular complexity index is 737. The van der Waals surface area contributed by atoms with Crippen LogP contribution in [-0.2, 0) is 7.05 Å². The smallest absolute Gasteiger partial charge is 0.274 e. The largest absolute Gasteiger partial charge is 0.321 e. The highest BCUT2D eigenvalue weighted by atomic mass is 32.1. The van der Waals surface area contributed by atoms with Crippen molar-refractivity contribution >= 4 is 33.0 Å². The predicted molar refractivity (Wildman–Crippen MR) is 77.7 cm³/mol. The number of aryl methyl sites for hydroxylation is 2. The molecule has 0 fully saturated rings. The third kappa shape index (κ3) is 2.13. The van der Waals surface area contributed by atoms with Crippen molar-refractivity contribution in [2.24, 2.45) is 7.05 Å². The molecule has 1 N–H and O–H groups in total. The van der Waals surface area contributed by atoms with Gasteiger partial charge in [-0.05, 0) is 47.5 Å². The van der Waals surface area contributed by atoms with Crippen LogP contribution in [0.2, 0.25) is 0 Å². The highest BCUT2D eigenvalue weighted by Crippen LogP contribution is 2.24. The molecule has 1 amide bonds. The fourth-order valence-electron chi connectivity index (χ4n) is 2.11. The van der Waals surface area contributed by atoms with E-state index in [2.05, 4.69) is 10.4 Å². The molecule has 0 radical (unpaired) electrons. The number of thiophene rings is 1. The minimum absolute atomic E-state index is 0.132. The van der Waals surface area contributed by atoms with Gasteiger partial charge in [0, 0.05) is 17.4 Å². The molecule has 0 aliphatic heterocycles. The van der Waals surface area contributed by atoms with Gasteiger partial charge in [-0.3, -0.25) is 9.48 Å². The summed E-state index contributed by atoms with van der Waals surface area (Å²) in [5, 5.41) is 10.2. The number of carbonyl (C=O) groups excluding carboxylic acids is 1. The molecule has 1 aromatic carbocycles. The molecule has 96 valence electrons. The summed E-state index contributed by atoms with van der Waals surface area (Å²) in [7, 11) is 1.77. The highest BCUT2D eigenvalue weighted by Gasteiger charge is 2.14. The maximum atomic E-state index is 12.2. The van der Waals surface area contributed by atoms with Crippen molar-refractivity contribution in [2.75, 3.05) is 5.32 Å². The summed E-state index contributed by atoms with van der Waals surface area (Å²) in [6.45, 7) is 1.88. The molecule has 2 aromatic heterocycles. The van der Waals surface area contributed by atoms with Crippen molar-refractivity contribution in [3.8, 4) is 0 Å². The van der Waals surface area contributed by atoms with Crippen LogP contribution in [0.3, 0.4) is 0 Å². The number of amides is 1. The molecule has 0 bridgehead atoms. The van der Waals surface area contributed by atoms with E-state index in [1.807, 2.05) is 36.6 Å². The quantitative estimate of drug-likeness (QED) is 0.778. The van der Waals surface area contributed by atoms with E-state index in [4.69, 9.17) is 0 Å². The molecule has 0 spiro atoms. The number of benzene rings is 1. The van der Waals surface area contributed by atoms with Crippen molar-refractivity contribution in [2.45, 2.75) is 6.92 Å². The average molecular weight is 271 g/mol. The lowest BCUT2D eigenvalue weighted by Crippen LogP contribution is -2.17. The van der Waals surface area contributed by atoms with Crippen LogP contribution >= 0.6 is 11.3 Å². The van der Waals surface area contributed by atoms with E-state index in [-0.39, 0.29) is 5.91 Å². The molecule has 0 unspecified atom stereocenters. The van der Waals surface area contributed by atoms with Crippen LogP contribution in [-0.4, -0.2) is 15.7 Å². The molecule has 0 aliphatic carbocycles. The molecule has 5 heteroatoms. The van der Waals surface area contributed by atoms with Gasteiger partial charge in [0.2, 0.25) is 0 Å². The first-order chi connectivity index (χ1) is 9.15. The van der Waals surface area contributed by atoms with Gasteiger partial charge in [-0.2, -0.15) is 5.10 Å². The summed E-state index contributed by atoms with van der Waals surface area (Å²) >= 11 is 1.69. The van der Waals surface area contributed by atoms with E-state index < -0.39 is 0 Å². The number of rotatable bonds is 2. The summed E-state index contributed by atoms with van der Waals surface area (Å²) in [6.07, 6.45) is 1.69. The molecular formula is C14H13N3OS. The highest BCUT2D eigenvalue weighted by molar-refractivity contribution is 7.17. The summed E-state index contributed by atoms with van der Waals surface area (Å²) in [5.41, 5.74) is 2.26. The fourth-order valence-corrected chi connectivity index (χ4v) is 2.88. The Labute approximate surface area is 114 Å². The van der Waals surface area contributed by atoms with E-state index >= 15 is 0 Å². The van der Waals surface area contributed by atoms with Crippen LogP contribution in [0.15, 0.2) is 35.8 Å². The van der Waals surface area contributed by atoms with Gasteiger partial charge in [0.15, 0.2) is 0 Å². The maximum Gasteiger partial charge on any atom is 0.274 e. The molecule has 4 nitrogen and oxygen atoms in total. The van der Waals surface area contributed by atoms with E-state index in [9.17, 15) is 4.79 Å². The van der Waals surface area contributed by atoms with Gasteiger partial charge in [0.1, 0.15) is 5.69 Å². The van der Waals surface area contributed by atoms with Crippen LogP contribution in [0.4, 0.5) is 5.69 Å².